The Kier molecular flexibility index (Phi) is 8.92. The molecule has 1 aliphatic rings. The highest BCUT2D eigenvalue weighted by Gasteiger charge is 2.22. The van der Waals surface area contributed by atoms with Gasteiger partial charge in [0.2, 0.25) is 5.91 Å². The molecule has 0 spiro atoms. The third-order valence-electron chi connectivity index (χ3n) is 4.60. The normalized spacial score (nSPS) is 19.6. The number of piperidine rings is 1. The van der Waals surface area contributed by atoms with Crippen LogP contribution in [0, 0.1) is 11.8 Å². The maximum Gasteiger partial charge on any atom is 0.220 e. The van der Waals surface area contributed by atoms with Crippen molar-refractivity contribution >= 4 is 5.91 Å². The molecule has 1 aliphatic heterocycles. The minimum Gasteiger partial charge on any atom is -0.353 e. The van der Waals surface area contributed by atoms with Gasteiger partial charge in [-0.2, -0.15) is 0 Å². The highest BCUT2D eigenvalue weighted by Crippen LogP contribution is 2.24. The fourth-order valence-corrected chi connectivity index (χ4v) is 3.25. The molecular weight excluding hydrogens is 248 g/mol. The van der Waals surface area contributed by atoms with Crippen molar-refractivity contribution in [2.45, 2.75) is 78.2 Å². The molecule has 0 radical (unpaired) electrons. The van der Waals surface area contributed by atoms with E-state index >= 15 is 0 Å². The fourth-order valence-electron chi connectivity index (χ4n) is 3.25. The Balaban J connectivity index is 2.31. The number of carbonyl (C=O) groups excluding carboxylic acids is 1. The zero-order chi connectivity index (χ0) is 14.8. The zero-order valence-corrected chi connectivity index (χ0v) is 13.7. The summed E-state index contributed by atoms with van der Waals surface area (Å²) in [5.41, 5.74) is 0. The van der Waals surface area contributed by atoms with Gasteiger partial charge in [0.15, 0.2) is 0 Å². The van der Waals surface area contributed by atoms with Gasteiger partial charge in [-0.25, -0.2) is 0 Å². The van der Waals surface area contributed by atoms with Gasteiger partial charge in [0.1, 0.15) is 0 Å². The van der Waals surface area contributed by atoms with E-state index in [0.717, 1.165) is 38.3 Å². The van der Waals surface area contributed by atoms with Crippen molar-refractivity contribution in [1.29, 1.82) is 0 Å². The van der Waals surface area contributed by atoms with Crippen LogP contribution in [-0.2, 0) is 4.79 Å². The van der Waals surface area contributed by atoms with Crippen LogP contribution in [0.5, 0.6) is 0 Å². The molecule has 3 nitrogen and oxygen atoms in total. The second-order valence-electron chi connectivity index (χ2n) is 6.46. The average Bonchev–Trinajstić information content (AvgIpc) is 2.45. The summed E-state index contributed by atoms with van der Waals surface area (Å²) in [6, 6.07) is 0.396. The summed E-state index contributed by atoms with van der Waals surface area (Å²) >= 11 is 0. The van der Waals surface area contributed by atoms with Crippen LogP contribution in [0.1, 0.15) is 72.1 Å². The van der Waals surface area contributed by atoms with Gasteiger partial charge < -0.3 is 10.6 Å². The summed E-state index contributed by atoms with van der Waals surface area (Å²) in [6.07, 6.45) is 8.99. The number of rotatable bonds is 9. The molecule has 2 unspecified atom stereocenters. The van der Waals surface area contributed by atoms with Gasteiger partial charge in [-0.05, 0) is 50.6 Å². The van der Waals surface area contributed by atoms with Crippen LogP contribution >= 0.6 is 0 Å². The first-order valence-electron chi connectivity index (χ1n) is 8.67. The van der Waals surface area contributed by atoms with Crippen molar-refractivity contribution in [2.75, 3.05) is 13.1 Å². The molecule has 0 aromatic carbocycles. The lowest BCUT2D eigenvalue weighted by Crippen LogP contribution is -2.37. The van der Waals surface area contributed by atoms with Crippen molar-refractivity contribution in [3.05, 3.63) is 0 Å². The first-order chi connectivity index (χ1) is 9.67. The summed E-state index contributed by atoms with van der Waals surface area (Å²) in [7, 11) is 0. The van der Waals surface area contributed by atoms with Gasteiger partial charge >= 0.3 is 0 Å². The van der Waals surface area contributed by atoms with Gasteiger partial charge in [-0.3, -0.25) is 4.79 Å². The van der Waals surface area contributed by atoms with E-state index in [2.05, 4.69) is 31.4 Å². The van der Waals surface area contributed by atoms with E-state index in [9.17, 15) is 4.79 Å². The van der Waals surface area contributed by atoms with Crippen molar-refractivity contribution in [3.8, 4) is 0 Å². The van der Waals surface area contributed by atoms with E-state index in [1.165, 1.54) is 25.7 Å². The summed E-state index contributed by atoms with van der Waals surface area (Å²) in [4.78, 5) is 12.2. The van der Waals surface area contributed by atoms with Gasteiger partial charge in [-0.1, -0.05) is 40.0 Å². The molecule has 0 aromatic heterocycles. The molecule has 118 valence electrons. The first-order valence-corrected chi connectivity index (χ1v) is 8.67. The zero-order valence-electron chi connectivity index (χ0n) is 13.7. The van der Waals surface area contributed by atoms with Crippen molar-refractivity contribution in [3.63, 3.8) is 0 Å². The van der Waals surface area contributed by atoms with Gasteiger partial charge in [0, 0.05) is 12.5 Å². The van der Waals surface area contributed by atoms with Crippen LogP contribution in [0.2, 0.25) is 0 Å². The minimum atomic E-state index is 0.269. The summed E-state index contributed by atoms with van der Waals surface area (Å²) in [6.45, 7) is 8.89. The van der Waals surface area contributed by atoms with Crippen LogP contribution < -0.4 is 10.6 Å². The SMILES string of the molecule is CCCCC(CCC)NC(=O)CC(C)C1CCNCC1. The first kappa shape index (κ1) is 17.5. The number of unbranched alkanes of at least 4 members (excludes halogenated alkanes) is 1. The van der Waals surface area contributed by atoms with Crippen molar-refractivity contribution in [2.24, 2.45) is 11.8 Å². The second kappa shape index (κ2) is 10.2. The number of hydrogen-bond donors (Lipinski definition) is 2. The Labute approximate surface area is 125 Å². The molecule has 0 bridgehead atoms. The van der Waals surface area contributed by atoms with E-state index in [-0.39, 0.29) is 5.91 Å². The summed E-state index contributed by atoms with van der Waals surface area (Å²) in [5.74, 6) is 1.51. The largest absolute Gasteiger partial charge is 0.353 e. The maximum atomic E-state index is 12.2. The lowest BCUT2D eigenvalue weighted by molar-refractivity contribution is -0.123. The molecule has 0 aromatic rings. The monoisotopic (exact) mass is 282 g/mol. The van der Waals surface area contributed by atoms with Crippen LogP contribution in [0.3, 0.4) is 0 Å². The van der Waals surface area contributed by atoms with Gasteiger partial charge in [-0.15, -0.1) is 0 Å². The summed E-state index contributed by atoms with van der Waals surface area (Å²) in [5, 5.41) is 6.66. The Morgan fingerprint density at radius 2 is 1.90 bits per heavy atom. The quantitative estimate of drug-likeness (QED) is 0.679. The van der Waals surface area contributed by atoms with E-state index in [1.54, 1.807) is 0 Å². The third kappa shape index (κ3) is 6.74. The number of nitrogens with one attached hydrogen (secondary N) is 2. The number of hydrogen-bond acceptors (Lipinski definition) is 2. The molecular formula is C17H34N2O. The maximum absolute atomic E-state index is 12.2. The average molecular weight is 282 g/mol. The predicted molar refractivity (Wildman–Crippen MR) is 85.7 cm³/mol. The summed E-state index contributed by atoms with van der Waals surface area (Å²) < 4.78 is 0. The Morgan fingerprint density at radius 1 is 1.20 bits per heavy atom. The van der Waals surface area contributed by atoms with Crippen LogP contribution in [0.25, 0.3) is 0 Å². The molecule has 1 rings (SSSR count). The third-order valence-corrected chi connectivity index (χ3v) is 4.60. The van der Waals surface area contributed by atoms with E-state index < -0.39 is 0 Å². The van der Waals surface area contributed by atoms with Crippen molar-refractivity contribution < 1.29 is 4.79 Å². The molecule has 1 amide bonds. The van der Waals surface area contributed by atoms with Crippen LogP contribution in [0.15, 0.2) is 0 Å². The number of carbonyl (C=O) groups is 1. The molecule has 1 saturated heterocycles. The fraction of sp³-hybridized carbons (Fsp3) is 0.941. The molecule has 1 fully saturated rings. The van der Waals surface area contributed by atoms with E-state index in [0.29, 0.717) is 18.4 Å². The van der Waals surface area contributed by atoms with Crippen LogP contribution in [0.4, 0.5) is 0 Å². The minimum absolute atomic E-state index is 0.269. The smallest absolute Gasteiger partial charge is 0.220 e. The topological polar surface area (TPSA) is 41.1 Å². The Morgan fingerprint density at radius 3 is 2.50 bits per heavy atom. The lowest BCUT2D eigenvalue weighted by atomic mass is 9.84. The van der Waals surface area contributed by atoms with E-state index in [1.807, 2.05) is 0 Å². The molecule has 0 aliphatic carbocycles. The Hall–Kier alpha value is -0.570. The highest BCUT2D eigenvalue weighted by atomic mass is 16.1. The standard InChI is InChI=1S/C17H34N2O/c1-4-6-8-16(7-5-2)19-17(20)13-14(3)15-9-11-18-12-10-15/h14-16,18H,4-13H2,1-3H3,(H,19,20). The highest BCUT2D eigenvalue weighted by molar-refractivity contribution is 5.76. The van der Waals surface area contributed by atoms with E-state index in [4.69, 9.17) is 0 Å². The molecule has 1 heterocycles. The molecule has 2 N–H and O–H groups in total. The Bertz CT molecular complexity index is 256. The predicted octanol–water partition coefficient (Wildman–Crippen LogP) is 3.49. The number of amides is 1. The second-order valence-corrected chi connectivity index (χ2v) is 6.46. The van der Waals surface area contributed by atoms with Crippen LogP contribution in [-0.4, -0.2) is 25.0 Å². The molecule has 0 saturated carbocycles. The van der Waals surface area contributed by atoms with Gasteiger partial charge in [0.05, 0.1) is 0 Å². The van der Waals surface area contributed by atoms with Crippen molar-refractivity contribution in [1.82, 2.24) is 10.6 Å². The van der Waals surface area contributed by atoms with Gasteiger partial charge in [0.25, 0.3) is 0 Å². The lowest BCUT2D eigenvalue weighted by Gasteiger charge is -2.28. The molecule has 20 heavy (non-hydrogen) atoms. The molecule has 2 atom stereocenters. The molecule has 3 heteroatoms.